The van der Waals surface area contributed by atoms with E-state index in [-0.39, 0.29) is 17.2 Å². The van der Waals surface area contributed by atoms with Gasteiger partial charge >= 0.3 is 5.97 Å². The van der Waals surface area contributed by atoms with Crippen molar-refractivity contribution in [1.29, 1.82) is 0 Å². The van der Waals surface area contributed by atoms with E-state index < -0.39 is 23.9 Å². The fourth-order valence-corrected chi connectivity index (χ4v) is 3.61. The van der Waals surface area contributed by atoms with Gasteiger partial charge in [-0.05, 0) is 42.3 Å². The number of nitrogens with zero attached hydrogens (tertiary/aromatic N) is 1. The Morgan fingerprint density at radius 1 is 1.23 bits per heavy atom. The highest BCUT2D eigenvalue weighted by molar-refractivity contribution is 6.21. The lowest BCUT2D eigenvalue weighted by Crippen LogP contribution is -2.32. The van der Waals surface area contributed by atoms with Gasteiger partial charge in [-0.1, -0.05) is 12.1 Å². The summed E-state index contributed by atoms with van der Waals surface area (Å²) >= 11 is 0. The lowest BCUT2D eigenvalue weighted by atomic mass is 9.97. The first kappa shape index (κ1) is 20.1. The second kappa shape index (κ2) is 7.89. The number of aliphatic hydroxyl groups is 1. The third kappa shape index (κ3) is 3.55. The molecule has 0 saturated heterocycles. The van der Waals surface area contributed by atoms with Crippen LogP contribution in [0.3, 0.4) is 0 Å². The number of aliphatic hydroxyl groups excluding tert-OH is 1. The van der Waals surface area contributed by atoms with Gasteiger partial charge in [0.2, 0.25) is 0 Å². The number of carbonyl (C=O) groups excluding carboxylic acids is 1. The Labute approximate surface area is 171 Å². The Hall–Kier alpha value is -3.23. The highest BCUT2D eigenvalue weighted by atomic mass is 19.1. The summed E-state index contributed by atoms with van der Waals surface area (Å²) < 4.78 is 24.2. The molecular weight excluding hydrogens is 391 g/mol. The van der Waals surface area contributed by atoms with Crippen LogP contribution >= 0.6 is 0 Å². The number of benzene rings is 2. The number of esters is 1. The van der Waals surface area contributed by atoms with Crippen LogP contribution in [0.15, 0.2) is 41.4 Å². The highest BCUT2D eigenvalue weighted by Crippen LogP contribution is 2.32. The molecule has 0 amide bonds. The van der Waals surface area contributed by atoms with Gasteiger partial charge in [-0.25, -0.2) is 9.18 Å². The van der Waals surface area contributed by atoms with E-state index in [1.54, 1.807) is 6.07 Å². The Balaban J connectivity index is 1.97. The minimum absolute atomic E-state index is 0.222. The van der Waals surface area contributed by atoms with Gasteiger partial charge in [-0.3, -0.25) is 4.99 Å². The molecule has 3 aromatic rings. The number of H-pyrrole nitrogens is 1. The van der Waals surface area contributed by atoms with Crippen LogP contribution in [0.2, 0.25) is 0 Å². The normalized spacial score (nSPS) is 15.8. The molecule has 156 valence electrons. The number of aromatic hydroxyl groups is 1. The number of aliphatic imine (C=N–C) groups is 1. The topological polar surface area (TPSA) is 104 Å². The second-order valence-corrected chi connectivity index (χ2v) is 7.20. The number of nitrogens with one attached hydrogen (secondary N) is 1. The average molecular weight is 412 g/mol. The van der Waals surface area contributed by atoms with Gasteiger partial charge in [0, 0.05) is 16.5 Å². The summed E-state index contributed by atoms with van der Waals surface area (Å²) in [5, 5.41) is 21.2. The number of aromatic amines is 1. The molecule has 2 heterocycles. The molecule has 3 N–H and O–H groups in total. The zero-order chi connectivity index (χ0) is 21.4. The van der Waals surface area contributed by atoms with Gasteiger partial charge in [-0.15, -0.1) is 0 Å². The number of hydrogen-bond acceptors (Lipinski definition) is 6. The fourth-order valence-electron chi connectivity index (χ4n) is 3.61. The minimum Gasteiger partial charge on any atom is -0.494 e. The molecule has 0 radical (unpaired) electrons. The molecule has 1 aromatic heterocycles. The number of carbonyl (C=O) groups is 1. The van der Waals surface area contributed by atoms with E-state index in [1.807, 2.05) is 12.1 Å². The van der Waals surface area contributed by atoms with E-state index in [2.05, 4.69) is 9.98 Å². The SMILES string of the molecule is COC(=O)C(N=C(c1ccc2c(c1)COC2)c1c(O)[nH]c2ccc(F)cc12)C(C)O. The molecule has 2 atom stereocenters. The molecule has 2 unspecified atom stereocenters. The Morgan fingerprint density at radius 2 is 2.00 bits per heavy atom. The van der Waals surface area contributed by atoms with Crippen molar-refractivity contribution < 1.29 is 28.9 Å². The van der Waals surface area contributed by atoms with Crippen molar-refractivity contribution in [3.8, 4) is 5.88 Å². The van der Waals surface area contributed by atoms with Gasteiger partial charge in [-0.2, -0.15) is 0 Å². The number of fused-ring (bicyclic) bond motifs is 2. The predicted octanol–water partition coefficient (Wildman–Crippen LogP) is 2.80. The molecule has 7 nitrogen and oxygen atoms in total. The largest absolute Gasteiger partial charge is 0.494 e. The van der Waals surface area contributed by atoms with Crippen molar-refractivity contribution in [1.82, 2.24) is 4.98 Å². The monoisotopic (exact) mass is 412 g/mol. The van der Waals surface area contributed by atoms with Crippen molar-refractivity contribution in [2.75, 3.05) is 7.11 Å². The number of ether oxygens (including phenoxy) is 2. The van der Waals surface area contributed by atoms with Crippen molar-refractivity contribution in [3.63, 3.8) is 0 Å². The number of hydrogen-bond donors (Lipinski definition) is 3. The first-order valence-electron chi connectivity index (χ1n) is 9.43. The Bertz CT molecular complexity index is 1150. The molecule has 1 aliphatic rings. The van der Waals surface area contributed by atoms with E-state index in [0.717, 1.165) is 11.1 Å². The third-order valence-electron chi connectivity index (χ3n) is 5.14. The molecular formula is C22H21FN2O5. The maximum atomic E-state index is 14.0. The van der Waals surface area contributed by atoms with Gasteiger partial charge in [0.1, 0.15) is 5.82 Å². The lowest BCUT2D eigenvalue weighted by Gasteiger charge is -2.16. The molecule has 0 bridgehead atoms. The van der Waals surface area contributed by atoms with E-state index in [0.29, 0.717) is 29.7 Å². The van der Waals surface area contributed by atoms with E-state index in [9.17, 15) is 19.4 Å². The number of halogens is 1. The van der Waals surface area contributed by atoms with Gasteiger partial charge in [0.15, 0.2) is 11.9 Å². The second-order valence-electron chi connectivity index (χ2n) is 7.20. The maximum absolute atomic E-state index is 14.0. The van der Waals surface area contributed by atoms with Crippen LogP contribution in [0.1, 0.15) is 29.2 Å². The van der Waals surface area contributed by atoms with Crippen molar-refractivity contribution in [2.24, 2.45) is 4.99 Å². The van der Waals surface area contributed by atoms with Crippen LogP contribution in [-0.2, 0) is 27.5 Å². The van der Waals surface area contributed by atoms with Gasteiger partial charge < -0.3 is 24.7 Å². The standard InChI is InChI=1S/C22H21FN2O5/c1-11(26)19(22(28)29-2)25-20(12-3-4-13-9-30-10-14(13)7-12)18-16-8-15(23)5-6-17(16)24-21(18)27/h3-8,11,19,24,26-27H,9-10H2,1-2H3. The van der Waals surface area contributed by atoms with Crippen LogP contribution in [0, 0.1) is 5.82 Å². The Kier molecular flexibility index (Phi) is 5.27. The number of aromatic nitrogens is 1. The van der Waals surface area contributed by atoms with Gasteiger partial charge in [0.05, 0.1) is 37.7 Å². The van der Waals surface area contributed by atoms with Crippen LogP contribution in [0.5, 0.6) is 5.88 Å². The summed E-state index contributed by atoms with van der Waals surface area (Å²) in [6.45, 7) is 2.36. The van der Waals surface area contributed by atoms with Crippen molar-refractivity contribution in [3.05, 3.63) is 64.5 Å². The fraction of sp³-hybridized carbons (Fsp3) is 0.273. The lowest BCUT2D eigenvalue weighted by molar-refractivity contribution is -0.144. The maximum Gasteiger partial charge on any atom is 0.333 e. The summed E-state index contributed by atoms with van der Waals surface area (Å²) in [5.41, 5.74) is 3.56. The van der Waals surface area contributed by atoms with Crippen LogP contribution < -0.4 is 0 Å². The quantitative estimate of drug-likeness (QED) is 0.442. The molecule has 0 spiro atoms. The molecule has 2 aromatic carbocycles. The Morgan fingerprint density at radius 3 is 2.73 bits per heavy atom. The summed E-state index contributed by atoms with van der Waals surface area (Å²) in [5.74, 6) is -1.43. The minimum atomic E-state index is -1.23. The van der Waals surface area contributed by atoms with Crippen molar-refractivity contribution in [2.45, 2.75) is 32.3 Å². The molecule has 1 aliphatic heterocycles. The van der Waals surface area contributed by atoms with Crippen LogP contribution in [0.4, 0.5) is 4.39 Å². The zero-order valence-electron chi connectivity index (χ0n) is 16.5. The molecule has 0 aliphatic carbocycles. The predicted molar refractivity (Wildman–Crippen MR) is 108 cm³/mol. The molecule has 4 rings (SSSR count). The summed E-state index contributed by atoms with van der Waals surface area (Å²) in [7, 11) is 1.21. The summed E-state index contributed by atoms with van der Waals surface area (Å²) in [6, 6.07) is 8.37. The highest BCUT2D eigenvalue weighted by Gasteiger charge is 2.28. The first-order valence-corrected chi connectivity index (χ1v) is 9.43. The molecule has 30 heavy (non-hydrogen) atoms. The zero-order valence-corrected chi connectivity index (χ0v) is 16.5. The summed E-state index contributed by atoms with van der Waals surface area (Å²) in [6.07, 6.45) is -1.14. The molecule has 0 saturated carbocycles. The van der Waals surface area contributed by atoms with E-state index in [1.165, 1.54) is 32.2 Å². The first-order chi connectivity index (χ1) is 14.4. The van der Waals surface area contributed by atoms with Crippen LogP contribution in [0.25, 0.3) is 10.9 Å². The van der Waals surface area contributed by atoms with Crippen LogP contribution in [-0.4, -0.2) is 46.1 Å². The molecule has 8 heteroatoms. The smallest absolute Gasteiger partial charge is 0.333 e. The van der Waals surface area contributed by atoms with E-state index >= 15 is 0 Å². The third-order valence-corrected chi connectivity index (χ3v) is 5.14. The molecule has 0 fully saturated rings. The number of methoxy groups -OCH3 is 1. The summed E-state index contributed by atoms with van der Waals surface area (Å²) in [4.78, 5) is 19.5. The van der Waals surface area contributed by atoms with Gasteiger partial charge in [0.25, 0.3) is 0 Å². The number of rotatable bonds is 5. The van der Waals surface area contributed by atoms with Crippen molar-refractivity contribution >= 4 is 22.6 Å². The average Bonchev–Trinajstić information content (AvgIpc) is 3.31. The van der Waals surface area contributed by atoms with E-state index in [4.69, 9.17) is 9.47 Å².